The quantitative estimate of drug-likeness (QED) is 0.803. The van der Waals surface area contributed by atoms with Crippen molar-refractivity contribution in [1.29, 1.82) is 0 Å². The molecular formula is C17H22ClF3N2O3. The summed E-state index contributed by atoms with van der Waals surface area (Å²) in [4.78, 5) is 12.6. The Balaban J connectivity index is 0.00000243. The van der Waals surface area contributed by atoms with Crippen molar-refractivity contribution in [3.63, 3.8) is 0 Å². The molecule has 26 heavy (non-hydrogen) atoms. The first-order valence-electron chi connectivity index (χ1n) is 8.22. The van der Waals surface area contributed by atoms with Gasteiger partial charge in [0.2, 0.25) is 5.91 Å². The maximum absolute atomic E-state index is 12.6. The molecule has 0 spiro atoms. The van der Waals surface area contributed by atoms with E-state index in [0.717, 1.165) is 19.3 Å². The molecule has 0 heterocycles. The predicted molar refractivity (Wildman–Crippen MR) is 92.7 cm³/mol. The van der Waals surface area contributed by atoms with E-state index in [1.54, 1.807) is 6.07 Å². The van der Waals surface area contributed by atoms with Gasteiger partial charge < -0.3 is 20.5 Å². The van der Waals surface area contributed by atoms with Crippen molar-refractivity contribution in [2.75, 3.05) is 19.0 Å². The third-order valence-electron chi connectivity index (χ3n) is 5.11. The Labute approximate surface area is 155 Å². The Morgan fingerprint density at radius 1 is 1.27 bits per heavy atom. The van der Waals surface area contributed by atoms with E-state index in [1.807, 2.05) is 0 Å². The van der Waals surface area contributed by atoms with E-state index < -0.39 is 12.8 Å². The number of hydrogen-bond acceptors (Lipinski definition) is 4. The number of ether oxygens (including phenoxy) is 2. The van der Waals surface area contributed by atoms with Crippen LogP contribution in [0.1, 0.15) is 19.3 Å². The number of methoxy groups -OCH3 is 1. The van der Waals surface area contributed by atoms with Gasteiger partial charge >= 0.3 is 6.18 Å². The molecule has 2 aliphatic carbocycles. The van der Waals surface area contributed by atoms with Gasteiger partial charge in [-0.1, -0.05) is 0 Å². The highest BCUT2D eigenvalue weighted by Gasteiger charge is 2.49. The standard InChI is InChI=1S/C17H21F3N2O3.ClH/c1-24-12-5-4-11(7-13(12)25-8-17(18,19)20)22-16(23)14-9-2-3-10(6-9)15(14)21;/h4-5,7,9-10,14-15H,2-3,6,8,21H2,1H3,(H,22,23);1H. The number of carbonyl (C=O) groups is 1. The molecule has 2 saturated carbocycles. The minimum atomic E-state index is -4.46. The average Bonchev–Trinajstić information content (AvgIpc) is 3.13. The van der Waals surface area contributed by atoms with Crippen LogP contribution in [0.15, 0.2) is 18.2 Å². The molecule has 4 atom stereocenters. The van der Waals surface area contributed by atoms with Crippen LogP contribution >= 0.6 is 12.4 Å². The summed E-state index contributed by atoms with van der Waals surface area (Å²) >= 11 is 0. The third-order valence-corrected chi connectivity index (χ3v) is 5.11. The Morgan fingerprint density at radius 2 is 1.96 bits per heavy atom. The van der Waals surface area contributed by atoms with Crippen molar-refractivity contribution in [2.24, 2.45) is 23.5 Å². The van der Waals surface area contributed by atoms with Gasteiger partial charge in [-0.3, -0.25) is 4.79 Å². The summed E-state index contributed by atoms with van der Waals surface area (Å²) in [5.74, 6) is 0.335. The molecule has 0 aliphatic heterocycles. The molecule has 1 amide bonds. The maximum Gasteiger partial charge on any atom is 0.422 e. The van der Waals surface area contributed by atoms with E-state index in [9.17, 15) is 18.0 Å². The van der Waals surface area contributed by atoms with Crippen LogP contribution in [0.25, 0.3) is 0 Å². The molecule has 9 heteroatoms. The molecule has 4 unspecified atom stereocenters. The molecule has 0 saturated heterocycles. The second-order valence-electron chi connectivity index (χ2n) is 6.70. The maximum atomic E-state index is 12.6. The van der Waals surface area contributed by atoms with Gasteiger partial charge in [-0.25, -0.2) is 0 Å². The molecule has 2 aliphatic rings. The van der Waals surface area contributed by atoms with Crippen LogP contribution in [0, 0.1) is 17.8 Å². The van der Waals surface area contributed by atoms with Gasteiger partial charge in [-0.05, 0) is 43.2 Å². The summed E-state index contributed by atoms with van der Waals surface area (Å²) < 4.78 is 46.9. The number of hydrogen-bond donors (Lipinski definition) is 2. The summed E-state index contributed by atoms with van der Waals surface area (Å²) in [6.45, 7) is -1.43. The van der Waals surface area contributed by atoms with Crippen molar-refractivity contribution in [2.45, 2.75) is 31.5 Å². The highest BCUT2D eigenvalue weighted by molar-refractivity contribution is 5.94. The fourth-order valence-electron chi connectivity index (χ4n) is 3.98. The number of anilines is 1. The number of halogens is 4. The molecule has 0 aromatic heterocycles. The minimum absolute atomic E-state index is 0. The first-order valence-corrected chi connectivity index (χ1v) is 8.22. The smallest absolute Gasteiger partial charge is 0.422 e. The summed E-state index contributed by atoms with van der Waals surface area (Å²) in [6, 6.07) is 4.21. The van der Waals surface area contributed by atoms with Crippen LogP contribution in [0.4, 0.5) is 18.9 Å². The van der Waals surface area contributed by atoms with Crippen molar-refractivity contribution < 1.29 is 27.4 Å². The van der Waals surface area contributed by atoms with Crippen LogP contribution < -0.4 is 20.5 Å². The van der Waals surface area contributed by atoms with Crippen LogP contribution in [-0.2, 0) is 4.79 Å². The Bertz CT molecular complexity index is 655. The number of carbonyl (C=O) groups excluding carboxylic acids is 1. The van der Waals surface area contributed by atoms with E-state index in [1.165, 1.54) is 19.2 Å². The summed E-state index contributed by atoms with van der Waals surface area (Å²) in [5, 5.41) is 2.75. The monoisotopic (exact) mass is 394 g/mol. The highest BCUT2D eigenvalue weighted by atomic mass is 35.5. The zero-order valence-corrected chi connectivity index (χ0v) is 15.0. The number of benzene rings is 1. The largest absolute Gasteiger partial charge is 0.493 e. The van der Waals surface area contributed by atoms with Crippen molar-refractivity contribution in [3.05, 3.63) is 18.2 Å². The lowest BCUT2D eigenvalue weighted by molar-refractivity contribution is -0.153. The van der Waals surface area contributed by atoms with Gasteiger partial charge in [0, 0.05) is 17.8 Å². The molecule has 1 aromatic rings. The molecule has 2 bridgehead atoms. The number of amides is 1. The topological polar surface area (TPSA) is 73.6 Å². The van der Waals surface area contributed by atoms with Crippen molar-refractivity contribution in [1.82, 2.24) is 0 Å². The summed E-state index contributed by atoms with van der Waals surface area (Å²) in [5.41, 5.74) is 6.52. The Kier molecular flexibility index (Phi) is 6.29. The Hall–Kier alpha value is -1.67. The molecule has 1 aromatic carbocycles. The fourth-order valence-corrected chi connectivity index (χ4v) is 3.98. The van der Waals surface area contributed by atoms with Gasteiger partial charge in [0.15, 0.2) is 18.1 Å². The normalized spacial score (nSPS) is 27.0. The number of fused-ring (bicyclic) bond motifs is 2. The molecule has 0 radical (unpaired) electrons. The van der Waals surface area contributed by atoms with Crippen LogP contribution in [0.5, 0.6) is 11.5 Å². The van der Waals surface area contributed by atoms with E-state index >= 15 is 0 Å². The number of nitrogens with one attached hydrogen (secondary N) is 1. The summed E-state index contributed by atoms with van der Waals surface area (Å²) in [7, 11) is 1.34. The second-order valence-corrected chi connectivity index (χ2v) is 6.70. The first kappa shape index (κ1) is 20.6. The lowest BCUT2D eigenvalue weighted by atomic mass is 9.84. The number of nitrogens with two attached hydrogens (primary N) is 1. The third kappa shape index (κ3) is 4.35. The van der Waals surface area contributed by atoms with Crippen molar-refractivity contribution in [3.8, 4) is 11.5 Å². The van der Waals surface area contributed by atoms with E-state index in [2.05, 4.69) is 5.32 Å². The Morgan fingerprint density at radius 3 is 2.54 bits per heavy atom. The van der Waals surface area contributed by atoms with Crippen LogP contribution in [-0.4, -0.2) is 31.8 Å². The van der Waals surface area contributed by atoms with Gasteiger partial charge in [-0.15, -0.1) is 12.4 Å². The van der Waals surface area contributed by atoms with E-state index in [4.69, 9.17) is 15.2 Å². The van der Waals surface area contributed by atoms with Gasteiger partial charge in [-0.2, -0.15) is 13.2 Å². The zero-order chi connectivity index (χ0) is 18.2. The minimum Gasteiger partial charge on any atom is -0.493 e. The van der Waals surface area contributed by atoms with Crippen molar-refractivity contribution >= 4 is 24.0 Å². The first-order chi connectivity index (χ1) is 11.8. The number of rotatable bonds is 5. The predicted octanol–water partition coefficient (Wildman–Crippen LogP) is 3.37. The fraction of sp³-hybridized carbons (Fsp3) is 0.588. The van der Waals surface area contributed by atoms with E-state index in [-0.39, 0.29) is 41.8 Å². The highest BCUT2D eigenvalue weighted by Crippen LogP contribution is 2.48. The molecule has 2 fully saturated rings. The molecular weight excluding hydrogens is 373 g/mol. The SMILES string of the molecule is COc1ccc(NC(=O)C2C3CCC(C3)C2N)cc1OCC(F)(F)F.Cl. The van der Waals surface area contributed by atoms with Crippen LogP contribution in [0.2, 0.25) is 0 Å². The van der Waals surface area contributed by atoms with Gasteiger partial charge in [0.1, 0.15) is 0 Å². The molecule has 5 nitrogen and oxygen atoms in total. The van der Waals surface area contributed by atoms with Gasteiger partial charge in [0.05, 0.1) is 13.0 Å². The summed E-state index contributed by atoms with van der Waals surface area (Å²) in [6.07, 6.45) is -1.42. The lowest BCUT2D eigenvalue weighted by Crippen LogP contribution is -2.42. The molecule has 146 valence electrons. The van der Waals surface area contributed by atoms with Gasteiger partial charge in [0.25, 0.3) is 0 Å². The molecule has 3 rings (SSSR count). The lowest BCUT2D eigenvalue weighted by Gasteiger charge is -2.27. The van der Waals surface area contributed by atoms with Crippen LogP contribution in [0.3, 0.4) is 0 Å². The molecule has 3 N–H and O–H groups in total. The average molecular weight is 395 g/mol. The number of alkyl halides is 3. The van der Waals surface area contributed by atoms with E-state index in [0.29, 0.717) is 17.5 Å². The second kappa shape index (κ2) is 7.92. The zero-order valence-electron chi connectivity index (χ0n) is 14.2.